The third-order valence-electron chi connectivity index (χ3n) is 2.41. The average molecular weight is 225 g/mol. The molecule has 1 heterocycles. The molecule has 0 aromatic carbocycles. The Labute approximate surface area is 95.4 Å². The lowest BCUT2D eigenvalue weighted by Gasteiger charge is -2.28. The monoisotopic (exact) mass is 225 g/mol. The Morgan fingerprint density at radius 3 is 2.75 bits per heavy atom. The van der Waals surface area contributed by atoms with E-state index in [1.54, 1.807) is 11.9 Å². The minimum Gasteiger partial charge on any atom is -0.344 e. The first-order chi connectivity index (χ1) is 7.44. The van der Waals surface area contributed by atoms with Crippen molar-refractivity contribution in [3.63, 3.8) is 0 Å². The van der Waals surface area contributed by atoms with Crippen molar-refractivity contribution in [1.29, 1.82) is 0 Å². The molecule has 1 aromatic rings. The van der Waals surface area contributed by atoms with Crippen LogP contribution >= 0.6 is 0 Å². The molecule has 6 nitrogen and oxygen atoms in total. The van der Waals surface area contributed by atoms with Crippen molar-refractivity contribution < 1.29 is 4.79 Å². The van der Waals surface area contributed by atoms with Gasteiger partial charge in [0.25, 0.3) is 0 Å². The van der Waals surface area contributed by atoms with Crippen LogP contribution in [0.4, 0.5) is 0 Å². The Morgan fingerprint density at radius 2 is 2.25 bits per heavy atom. The largest absolute Gasteiger partial charge is 0.344 e. The van der Waals surface area contributed by atoms with Crippen molar-refractivity contribution >= 4 is 5.91 Å². The number of amides is 1. The molecule has 6 heteroatoms. The molecule has 0 saturated heterocycles. The highest BCUT2D eigenvalue weighted by Crippen LogP contribution is 2.13. The van der Waals surface area contributed by atoms with E-state index < -0.39 is 0 Å². The second-order valence-corrected chi connectivity index (χ2v) is 4.71. The molecule has 0 saturated carbocycles. The van der Waals surface area contributed by atoms with Crippen LogP contribution in [0.15, 0.2) is 12.7 Å². The third-order valence-corrected chi connectivity index (χ3v) is 2.41. The SMILES string of the molecule is CN(CC(C)(C)CN)C(=O)Cn1cncn1. The van der Waals surface area contributed by atoms with Gasteiger partial charge in [-0.2, -0.15) is 5.10 Å². The summed E-state index contributed by atoms with van der Waals surface area (Å²) in [7, 11) is 1.77. The van der Waals surface area contributed by atoms with Gasteiger partial charge in [0, 0.05) is 13.6 Å². The molecule has 1 aromatic heterocycles. The number of carbonyl (C=O) groups is 1. The van der Waals surface area contributed by atoms with E-state index in [0.29, 0.717) is 13.1 Å². The summed E-state index contributed by atoms with van der Waals surface area (Å²) < 4.78 is 1.51. The second kappa shape index (κ2) is 5.07. The zero-order valence-corrected chi connectivity index (χ0v) is 10.1. The number of carbonyl (C=O) groups excluding carboxylic acids is 1. The highest BCUT2D eigenvalue weighted by Gasteiger charge is 2.21. The standard InChI is InChI=1S/C10H19N5O/c1-10(2,5-11)6-14(3)9(16)4-15-8-12-7-13-15/h7-8H,4-6,11H2,1-3H3. The lowest BCUT2D eigenvalue weighted by atomic mass is 9.93. The zero-order valence-electron chi connectivity index (χ0n) is 10.1. The highest BCUT2D eigenvalue weighted by molar-refractivity contribution is 5.75. The Balaban J connectivity index is 2.48. The minimum absolute atomic E-state index is 0.00650. The predicted octanol–water partition coefficient (Wildman–Crippen LogP) is -0.279. The predicted molar refractivity (Wildman–Crippen MR) is 60.5 cm³/mol. The van der Waals surface area contributed by atoms with Crippen molar-refractivity contribution in [1.82, 2.24) is 19.7 Å². The van der Waals surface area contributed by atoms with Crippen molar-refractivity contribution in [2.45, 2.75) is 20.4 Å². The third kappa shape index (κ3) is 3.62. The molecular formula is C10H19N5O. The second-order valence-electron chi connectivity index (χ2n) is 4.71. The van der Waals surface area contributed by atoms with Crippen LogP contribution in [0.25, 0.3) is 0 Å². The van der Waals surface area contributed by atoms with E-state index in [4.69, 9.17) is 5.73 Å². The van der Waals surface area contributed by atoms with E-state index >= 15 is 0 Å². The summed E-state index contributed by atoms with van der Waals surface area (Å²) in [6.07, 6.45) is 2.94. The van der Waals surface area contributed by atoms with Crippen LogP contribution < -0.4 is 5.73 Å². The van der Waals surface area contributed by atoms with Gasteiger partial charge >= 0.3 is 0 Å². The first-order valence-electron chi connectivity index (χ1n) is 5.21. The molecule has 0 radical (unpaired) electrons. The smallest absolute Gasteiger partial charge is 0.244 e. The quantitative estimate of drug-likeness (QED) is 0.747. The maximum absolute atomic E-state index is 11.8. The number of nitrogens with zero attached hydrogens (tertiary/aromatic N) is 4. The lowest BCUT2D eigenvalue weighted by Crippen LogP contribution is -2.41. The summed E-state index contributed by atoms with van der Waals surface area (Å²) in [4.78, 5) is 17.3. The number of aromatic nitrogens is 3. The molecule has 1 amide bonds. The molecule has 90 valence electrons. The molecule has 16 heavy (non-hydrogen) atoms. The Morgan fingerprint density at radius 1 is 1.56 bits per heavy atom. The van der Waals surface area contributed by atoms with E-state index in [1.165, 1.54) is 17.3 Å². The molecule has 1 rings (SSSR count). The van der Waals surface area contributed by atoms with Crippen LogP contribution in [0, 0.1) is 5.41 Å². The summed E-state index contributed by atoms with van der Waals surface area (Å²) in [5, 5.41) is 3.89. The molecule has 0 spiro atoms. The van der Waals surface area contributed by atoms with Gasteiger partial charge < -0.3 is 10.6 Å². The number of nitrogens with two attached hydrogens (primary N) is 1. The molecule has 0 aliphatic carbocycles. The summed E-state index contributed by atoms with van der Waals surface area (Å²) in [6, 6.07) is 0. The fourth-order valence-electron chi connectivity index (χ4n) is 1.37. The van der Waals surface area contributed by atoms with E-state index in [9.17, 15) is 4.79 Å². The number of rotatable bonds is 5. The van der Waals surface area contributed by atoms with Crippen LogP contribution in [0.5, 0.6) is 0 Å². The van der Waals surface area contributed by atoms with E-state index in [-0.39, 0.29) is 17.9 Å². The van der Waals surface area contributed by atoms with E-state index in [1.807, 2.05) is 13.8 Å². The van der Waals surface area contributed by atoms with Gasteiger partial charge in [0.1, 0.15) is 19.2 Å². The molecular weight excluding hydrogens is 206 g/mol. The maximum Gasteiger partial charge on any atom is 0.244 e. The van der Waals surface area contributed by atoms with Gasteiger partial charge in [-0.15, -0.1) is 0 Å². The van der Waals surface area contributed by atoms with Gasteiger partial charge in [-0.05, 0) is 12.0 Å². The van der Waals surface area contributed by atoms with Gasteiger partial charge in [0.15, 0.2) is 0 Å². The summed E-state index contributed by atoms with van der Waals surface area (Å²) >= 11 is 0. The Kier molecular flexibility index (Phi) is 4.00. The van der Waals surface area contributed by atoms with Crippen molar-refractivity contribution in [3.05, 3.63) is 12.7 Å². The molecule has 0 atom stereocenters. The maximum atomic E-state index is 11.8. The summed E-state index contributed by atoms with van der Waals surface area (Å²) in [6.45, 7) is 5.47. The first kappa shape index (κ1) is 12.6. The van der Waals surface area contributed by atoms with Crippen molar-refractivity contribution in [3.8, 4) is 0 Å². The molecule has 0 bridgehead atoms. The number of hydrogen-bond acceptors (Lipinski definition) is 4. The molecule has 0 fully saturated rings. The van der Waals surface area contributed by atoms with Crippen molar-refractivity contribution in [2.75, 3.05) is 20.1 Å². The highest BCUT2D eigenvalue weighted by atomic mass is 16.2. The van der Waals surface area contributed by atoms with Crippen LogP contribution in [0.2, 0.25) is 0 Å². The van der Waals surface area contributed by atoms with Gasteiger partial charge in [-0.1, -0.05) is 13.8 Å². The fourth-order valence-corrected chi connectivity index (χ4v) is 1.37. The van der Waals surface area contributed by atoms with Gasteiger partial charge in [0.05, 0.1) is 0 Å². The fraction of sp³-hybridized carbons (Fsp3) is 0.700. The zero-order chi connectivity index (χ0) is 12.2. The molecule has 0 unspecified atom stereocenters. The summed E-state index contributed by atoms with van der Waals surface area (Å²) in [5.74, 6) is 0.00650. The van der Waals surface area contributed by atoms with E-state index in [0.717, 1.165) is 0 Å². The van der Waals surface area contributed by atoms with Crippen LogP contribution in [-0.4, -0.2) is 45.7 Å². The number of hydrogen-bond donors (Lipinski definition) is 1. The average Bonchev–Trinajstić information content (AvgIpc) is 2.69. The van der Waals surface area contributed by atoms with Crippen LogP contribution in [0.1, 0.15) is 13.8 Å². The molecule has 0 aliphatic heterocycles. The Hall–Kier alpha value is -1.43. The first-order valence-corrected chi connectivity index (χ1v) is 5.21. The van der Waals surface area contributed by atoms with Crippen LogP contribution in [-0.2, 0) is 11.3 Å². The normalized spacial score (nSPS) is 11.5. The Bertz CT molecular complexity index is 333. The topological polar surface area (TPSA) is 77.0 Å². The van der Waals surface area contributed by atoms with E-state index in [2.05, 4.69) is 10.1 Å². The van der Waals surface area contributed by atoms with Gasteiger partial charge in [-0.25, -0.2) is 9.67 Å². The van der Waals surface area contributed by atoms with Gasteiger partial charge in [0.2, 0.25) is 5.91 Å². The van der Waals surface area contributed by atoms with Gasteiger partial charge in [-0.3, -0.25) is 4.79 Å². The number of likely N-dealkylation sites (N-methyl/N-ethyl adjacent to an activating group) is 1. The van der Waals surface area contributed by atoms with Crippen molar-refractivity contribution in [2.24, 2.45) is 11.1 Å². The molecule has 2 N–H and O–H groups in total. The molecule has 0 aliphatic rings. The summed E-state index contributed by atoms with van der Waals surface area (Å²) in [5.41, 5.74) is 5.56. The minimum atomic E-state index is -0.0627. The lowest BCUT2D eigenvalue weighted by molar-refractivity contribution is -0.131. The van der Waals surface area contributed by atoms with Crippen LogP contribution in [0.3, 0.4) is 0 Å².